The van der Waals surface area contributed by atoms with E-state index in [1.807, 2.05) is 18.2 Å². The van der Waals surface area contributed by atoms with Gasteiger partial charge in [-0.2, -0.15) is 13.2 Å². The second kappa shape index (κ2) is 8.35. The third-order valence-corrected chi connectivity index (χ3v) is 5.16. The van der Waals surface area contributed by atoms with Gasteiger partial charge in [0.1, 0.15) is 0 Å². The van der Waals surface area contributed by atoms with Crippen LogP contribution < -0.4 is 11.1 Å². The van der Waals surface area contributed by atoms with E-state index in [0.717, 1.165) is 36.2 Å². The van der Waals surface area contributed by atoms with Gasteiger partial charge in [0.25, 0.3) is 5.91 Å². The molecular weight excluding hydrogens is 407 g/mol. The molecule has 3 N–H and O–H groups in total. The van der Waals surface area contributed by atoms with Gasteiger partial charge >= 0.3 is 6.18 Å². The number of amides is 1. The molecule has 6 nitrogen and oxygen atoms in total. The summed E-state index contributed by atoms with van der Waals surface area (Å²) >= 11 is 0. The van der Waals surface area contributed by atoms with Crippen LogP contribution >= 0.6 is 0 Å². The molecule has 0 fully saturated rings. The van der Waals surface area contributed by atoms with Crippen molar-refractivity contribution in [2.45, 2.75) is 25.7 Å². The number of alkyl halides is 3. The molecular formula is C22H20F3N5O. The van der Waals surface area contributed by atoms with E-state index in [2.05, 4.69) is 20.2 Å². The Morgan fingerprint density at radius 3 is 2.45 bits per heavy atom. The van der Waals surface area contributed by atoms with Crippen LogP contribution in [0.15, 0.2) is 54.9 Å². The Hall–Kier alpha value is -3.46. The van der Waals surface area contributed by atoms with Crippen molar-refractivity contribution in [3.8, 4) is 0 Å². The molecule has 1 amide bonds. The molecule has 0 unspecified atom stereocenters. The molecule has 3 aromatic rings. The lowest BCUT2D eigenvalue weighted by molar-refractivity contribution is -0.137. The number of nitrogen functional groups attached to an aromatic ring is 1. The highest BCUT2D eigenvalue weighted by molar-refractivity contribution is 6.04. The van der Waals surface area contributed by atoms with Crippen molar-refractivity contribution in [1.82, 2.24) is 14.9 Å². The van der Waals surface area contributed by atoms with Gasteiger partial charge in [-0.25, -0.2) is 9.97 Å². The zero-order chi connectivity index (χ0) is 22.0. The quantitative estimate of drug-likeness (QED) is 0.660. The van der Waals surface area contributed by atoms with Crippen molar-refractivity contribution in [2.24, 2.45) is 0 Å². The van der Waals surface area contributed by atoms with Crippen LogP contribution in [0.4, 0.5) is 24.8 Å². The lowest BCUT2D eigenvalue weighted by Crippen LogP contribution is -2.30. The highest BCUT2D eigenvalue weighted by atomic mass is 19.4. The minimum atomic E-state index is -4.43. The standard InChI is InChI=1S/C22H20F3N5O/c23-22(24,25)18-4-1-16(2-5-18)20(31)29-19-6-3-15-7-8-30(13-17(15)9-19)12-14-10-27-21(26)28-11-14/h1-6,9-11H,7-8,12-13H2,(H,29,31)(H2,26,27,28). The molecule has 0 bridgehead atoms. The van der Waals surface area contributed by atoms with Crippen LogP contribution in [0.5, 0.6) is 0 Å². The van der Waals surface area contributed by atoms with E-state index < -0.39 is 17.6 Å². The van der Waals surface area contributed by atoms with Gasteiger partial charge in [0, 0.05) is 48.8 Å². The van der Waals surface area contributed by atoms with Gasteiger partial charge in [-0.3, -0.25) is 9.69 Å². The number of fused-ring (bicyclic) bond motifs is 1. The molecule has 0 atom stereocenters. The molecule has 2 aromatic carbocycles. The highest BCUT2D eigenvalue weighted by Crippen LogP contribution is 2.29. The fourth-order valence-electron chi connectivity index (χ4n) is 3.55. The monoisotopic (exact) mass is 427 g/mol. The Morgan fingerprint density at radius 2 is 1.77 bits per heavy atom. The number of hydrogen-bond acceptors (Lipinski definition) is 5. The number of benzene rings is 2. The summed E-state index contributed by atoms with van der Waals surface area (Å²) in [6, 6.07) is 9.84. The summed E-state index contributed by atoms with van der Waals surface area (Å²) in [5.74, 6) is -0.221. The molecule has 1 aromatic heterocycles. The maximum atomic E-state index is 12.7. The van der Waals surface area contributed by atoms with Crippen molar-refractivity contribution in [3.05, 3.63) is 82.7 Å². The van der Waals surface area contributed by atoms with Crippen molar-refractivity contribution in [2.75, 3.05) is 17.6 Å². The maximum absolute atomic E-state index is 12.7. The van der Waals surface area contributed by atoms with Gasteiger partial charge in [-0.1, -0.05) is 6.07 Å². The van der Waals surface area contributed by atoms with Gasteiger partial charge in [-0.05, 0) is 53.9 Å². The average Bonchev–Trinajstić information content (AvgIpc) is 2.74. The number of aromatic nitrogens is 2. The minimum absolute atomic E-state index is 0.163. The SMILES string of the molecule is Nc1ncc(CN2CCc3ccc(NC(=O)c4ccc(C(F)(F)F)cc4)cc3C2)cn1. The fourth-order valence-corrected chi connectivity index (χ4v) is 3.55. The number of anilines is 2. The lowest BCUT2D eigenvalue weighted by atomic mass is 9.98. The minimum Gasteiger partial charge on any atom is -0.368 e. The van der Waals surface area contributed by atoms with Crippen LogP contribution in [-0.2, 0) is 25.7 Å². The van der Waals surface area contributed by atoms with E-state index in [1.54, 1.807) is 12.4 Å². The van der Waals surface area contributed by atoms with Gasteiger partial charge in [-0.15, -0.1) is 0 Å². The topological polar surface area (TPSA) is 84.1 Å². The molecule has 160 valence electrons. The van der Waals surface area contributed by atoms with Crippen LogP contribution in [-0.4, -0.2) is 27.3 Å². The van der Waals surface area contributed by atoms with Crippen molar-refractivity contribution < 1.29 is 18.0 Å². The van der Waals surface area contributed by atoms with E-state index in [9.17, 15) is 18.0 Å². The van der Waals surface area contributed by atoms with E-state index in [1.165, 1.54) is 17.7 Å². The van der Waals surface area contributed by atoms with Crippen LogP contribution in [0.25, 0.3) is 0 Å². The smallest absolute Gasteiger partial charge is 0.368 e. The Bertz CT molecular complexity index is 1080. The first-order valence-corrected chi connectivity index (χ1v) is 9.67. The number of hydrogen-bond donors (Lipinski definition) is 2. The van der Waals surface area contributed by atoms with Gasteiger partial charge < -0.3 is 11.1 Å². The lowest BCUT2D eigenvalue weighted by Gasteiger charge is -2.29. The number of nitrogens with two attached hydrogens (primary N) is 1. The van der Waals surface area contributed by atoms with Crippen LogP contribution in [0.1, 0.15) is 32.6 Å². The normalized spacial score (nSPS) is 14.2. The summed E-state index contributed by atoms with van der Waals surface area (Å²) in [4.78, 5) is 22.7. The Balaban J connectivity index is 1.43. The second-order valence-electron chi connectivity index (χ2n) is 7.42. The first kappa shape index (κ1) is 20.8. The van der Waals surface area contributed by atoms with E-state index in [0.29, 0.717) is 18.8 Å². The predicted octanol–water partition coefficient (Wildman–Crippen LogP) is 3.89. The summed E-state index contributed by atoms with van der Waals surface area (Å²) in [6.45, 7) is 2.26. The third kappa shape index (κ3) is 5.00. The van der Waals surface area contributed by atoms with E-state index >= 15 is 0 Å². The number of carbonyl (C=O) groups is 1. The molecule has 1 aliphatic rings. The van der Waals surface area contributed by atoms with Crippen molar-refractivity contribution in [3.63, 3.8) is 0 Å². The Kier molecular flexibility index (Phi) is 5.60. The summed E-state index contributed by atoms with van der Waals surface area (Å²) in [5, 5.41) is 2.76. The molecule has 4 rings (SSSR count). The van der Waals surface area contributed by atoms with Gasteiger partial charge in [0.2, 0.25) is 5.95 Å². The molecule has 0 saturated heterocycles. The number of nitrogens with one attached hydrogen (secondary N) is 1. The summed E-state index contributed by atoms with van der Waals surface area (Å²) in [5.41, 5.74) is 8.76. The van der Waals surface area contributed by atoms with Crippen LogP contribution in [0.2, 0.25) is 0 Å². The number of halogens is 3. The molecule has 1 aliphatic heterocycles. The number of rotatable bonds is 4. The first-order chi connectivity index (χ1) is 14.8. The summed E-state index contributed by atoms with van der Waals surface area (Å²) in [6.07, 6.45) is -0.146. The van der Waals surface area contributed by atoms with E-state index in [4.69, 9.17) is 5.73 Å². The Morgan fingerprint density at radius 1 is 1.06 bits per heavy atom. The molecule has 0 aliphatic carbocycles. The Labute approximate surface area is 176 Å². The second-order valence-corrected chi connectivity index (χ2v) is 7.42. The zero-order valence-corrected chi connectivity index (χ0v) is 16.5. The molecule has 31 heavy (non-hydrogen) atoms. The first-order valence-electron chi connectivity index (χ1n) is 9.67. The number of nitrogens with zero attached hydrogens (tertiary/aromatic N) is 3. The molecule has 0 radical (unpaired) electrons. The fraction of sp³-hybridized carbons (Fsp3) is 0.227. The summed E-state index contributed by atoms with van der Waals surface area (Å²) in [7, 11) is 0. The zero-order valence-electron chi connectivity index (χ0n) is 16.5. The predicted molar refractivity (Wildman–Crippen MR) is 110 cm³/mol. The van der Waals surface area contributed by atoms with Crippen LogP contribution in [0.3, 0.4) is 0 Å². The van der Waals surface area contributed by atoms with Gasteiger partial charge in [0.15, 0.2) is 0 Å². The molecule has 2 heterocycles. The largest absolute Gasteiger partial charge is 0.416 e. The van der Waals surface area contributed by atoms with Crippen LogP contribution in [0, 0.1) is 0 Å². The molecule has 0 saturated carbocycles. The average molecular weight is 427 g/mol. The van der Waals surface area contributed by atoms with Gasteiger partial charge in [0.05, 0.1) is 5.56 Å². The molecule has 0 spiro atoms. The molecule has 9 heteroatoms. The van der Waals surface area contributed by atoms with Crippen molar-refractivity contribution in [1.29, 1.82) is 0 Å². The van der Waals surface area contributed by atoms with Crippen molar-refractivity contribution >= 4 is 17.5 Å². The van der Waals surface area contributed by atoms with E-state index in [-0.39, 0.29) is 11.5 Å². The summed E-state index contributed by atoms with van der Waals surface area (Å²) < 4.78 is 38.1. The highest BCUT2D eigenvalue weighted by Gasteiger charge is 2.30. The maximum Gasteiger partial charge on any atom is 0.416 e. The third-order valence-electron chi connectivity index (χ3n) is 5.16. The number of carbonyl (C=O) groups excluding carboxylic acids is 1.